The summed E-state index contributed by atoms with van der Waals surface area (Å²) < 4.78 is 0. The van der Waals surface area contributed by atoms with Crippen LogP contribution < -0.4 is 5.73 Å². The van der Waals surface area contributed by atoms with Gasteiger partial charge in [-0.2, -0.15) is 12.6 Å². The highest BCUT2D eigenvalue weighted by Gasteiger charge is 2.12. The Balaban J connectivity index is 2.17. The van der Waals surface area contributed by atoms with E-state index in [0.29, 0.717) is 6.04 Å². The Hall–Kier alpha value is 0.270. The van der Waals surface area contributed by atoms with E-state index in [4.69, 9.17) is 5.73 Å². The van der Waals surface area contributed by atoms with Crippen molar-refractivity contribution in [2.75, 3.05) is 25.4 Å². The molecule has 1 fully saturated rings. The summed E-state index contributed by atoms with van der Waals surface area (Å²) in [6, 6.07) is 0.450. The third-order valence-electron chi connectivity index (χ3n) is 2.50. The Morgan fingerprint density at radius 3 is 2.92 bits per heavy atom. The van der Waals surface area contributed by atoms with Crippen LogP contribution in [-0.4, -0.2) is 36.3 Å². The van der Waals surface area contributed by atoms with Crippen LogP contribution in [-0.2, 0) is 0 Å². The fraction of sp³-hybridized carbons (Fsp3) is 1.00. The third-order valence-corrected chi connectivity index (χ3v) is 2.81. The molecule has 1 rings (SSSR count). The van der Waals surface area contributed by atoms with E-state index in [-0.39, 0.29) is 0 Å². The van der Waals surface area contributed by atoms with Crippen LogP contribution >= 0.6 is 12.6 Å². The SMILES string of the molecule is NC1CCCN(CCCS)CC1. The van der Waals surface area contributed by atoms with Crippen LogP contribution in [0.25, 0.3) is 0 Å². The molecule has 1 heterocycles. The first-order valence-corrected chi connectivity index (χ1v) is 5.55. The third kappa shape index (κ3) is 3.78. The number of hydrogen-bond donors (Lipinski definition) is 2. The van der Waals surface area contributed by atoms with Crippen molar-refractivity contribution >= 4 is 12.6 Å². The van der Waals surface area contributed by atoms with Crippen LogP contribution in [0, 0.1) is 0 Å². The van der Waals surface area contributed by atoms with Gasteiger partial charge in [-0.25, -0.2) is 0 Å². The van der Waals surface area contributed by atoms with Gasteiger partial charge in [0.1, 0.15) is 0 Å². The Morgan fingerprint density at radius 2 is 2.17 bits per heavy atom. The van der Waals surface area contributed by atoms with Gasteiger partial charge in [0.25, 0.3) is 0 Å². The molecule has 72 valence electrons. The molecule has 2 nitrogen and oxygen atoms in total. The predicted octanol–water partition coefficient (Wildman–Crippen LogP) is 1.12. The van der Waals surface area contributed by atoms with Gasteiger partial charge in [-0.1, -0.05) is 0 Å². The average Bonchev–Trinajstić information content (AvgIpc) is 2.27. The minimum atomic E-state index is 0.450. The minimum absolute atomic E-state index is 0.450. The number of nitrogens with zero attached hydrogens (tertiary/aromatic N) is 1. The van der Waals surface area contributed by atoms with Crippen LogP contribution in [0.15, 0.2) is 0 Å². The Bertz CT molecular complexity index is 117. The smallest absolute Gasteiger partial charge is 0.00514 e. The van der Waals surface area contributed by atoms with E-state index in [1.165, 1.54) is 45.3 Å². The van der Waals surface area contributed by atoms with Gasteiger partial charge < -0.3 is 10.6 Å². The summed E-state index contributed by atoms with van der Waals surface area (Å²) in [7, 11) is 0. The molecule has 1 aliphatic heterocycles. The predicted molar refractivity (Wildman–Crippen MR) is 56.7 cm³/mol. The maximum absolute atomic E-state index is 5.88. The van der Waals surface area contributed by atoms with E-state index < -0.39 is 0 Å². The molecule has 12 heavy (non-hydrogen) atoms. The van der Waals surface area contributed by atoms with E-state index in [0.717, 1.165) is 5.75 Å². The van der Waals surface area contributed by atoms with Gasteiger partial charge >= 0.3 is 0 Å². The summed E-state index contributed by atoms with van der Waals surface area (Å²) in [4.78, 5) is 2.52. The molecule has 0 spiro atoms. The summed E-state index contributed by atoms with van der Waals surface area (Å²) in [6.07, 6.45) is 4.86. The zero-order chi connectivity index (χ0) is 8.81. The van der Waals surface area contributed by atoms with E-state index in [1.54, 1.807) is 0 Å². The number of rotatable bonds is 3. The zero-order valence-corrected chi connectivity index (χ0v) is 8.60. The van der Waals surface area contributed by atoms with Crippen molar-refractivity contribution in [1.29, 1.82) is 0 Å². The van der Waals surface area contributed by atoms with Crippen LogP contribution in [0.5, 0.6) is 0 Å². The van der Waals surface area contributed by atoms with E-state index in [1.807, 2.05) is 0 Å². The van der Waals surface area contributed by atoms with Crippen molar-refractivity contribution in [2.45, 2.75) is 31.7 Å². The molecule has 1 aliphatic rings. The molecule has 2 N–H and O–H groups in total. The lowest BCUT2D eigenvalue weighted by Gasteiger charge is -2.18. The highest BCUT2D eigenvalue weighted by molar-refractivity contribution is 7.80. The number of thiol groups is 1. The van der Waals surface area contributed by atoms with Crippen molar-refractivity contribution in [3.8, 4) is 0 Å². The summed E-state index contributed by atoms with van der Waals surface area (Å²) in [6.45, 7) is 3.63. The maximum Gasteiger partial charge on any atom is 0.00514 e. The molecule has 0 aromatic heterocycles. The fourth-order valence-electron chi connectivity index (χ4n) is 1.70. The molecular formula is C9H20N2S. The topological polar surface area (TPSA) is 29.3 Å². The van der Waals surface area contributed by atoms with E-state index in [9.17, 15) is 0 Å². The first-order valence-electron chi connectivity index (χ1n) is 4.91. The molecule has 0 saturated carbocycles. The highest BCUT2D eigenvalue weighted by Crippen LogP contribution is 2.09. The molecule has 0 amide bonds. The van der Waals surface area contributed by atoms with Gasteiger partial charge in [-0.3, -0.25) is 0 Å². The van der Waals surface area contributed by atoms with E-state index >= 15 is 0 Å². The van der Waals surface area contributed by atoms with Crippen LogP contribution in [0.4, 0.5) is 0 Å². The van der Waals surface area contributed by atoms with Gasteiger partial charge in [-0.15, -0.1) is 0 Å². The summed E-state index contributed by atoms with van der Waals surface area (Å²) >= 11 is 4.21. The number of nitrogens with two attached hydrogens (primary N) is 1. The first kappa shape index (κ1) is 10.4. The Kier molecular flexibility index (Phi) is 5.04. The Labute approximate surface area is 80.9 Å². The zero-order valence-electron chi connectivity index (χ0n) is 7.71. The van der Waals surface area contributed by atoms with Crippen LogP contribution in [0.1, 0.15) is 25.7 Å². The molecule has 0 bridgehead atoms. The molecule has 0 radical (unpaired) electrons. The van der Waals surface area contributed by atoms with Crippen molar-refractivity contribution in [1.82, 2.24) is 4.90 Å². The summed E-state index contributed by atoms with van der Waals surface area (Å²) in [5.41, 5.74) is 5.88. The van der Waals surface area contributed by atoms with Gasteiger partial charge in [0.05, 0.1) is 0 Å². The van der Waals surface area contributed by atoms with Crippen LogP contribution in [0.2, 0.25) is 0 Å². The molecule has 0 aromatic carbocycles. The second kappa shape index (κ2) is 5.84. The van der Waals surface area contributed by atoms with Crippen LogP contribution in [0.3, 0.4) is 0 Å². The van der Waals surface area contributed by atoms with Gasteiger partial charge in [0.15, 0.2) is 0 Å². The van der Waals surface area contributed by atoms with Gasteiger partial charge in [0, 0.05) is 6.04 Å². The molecule has 1 saturated heterocycles. The van der Waals surface area contributed by atoms with Crippen molar-refractivity contribution < 1.29 is 0 Å². The largest absolute Gasteiger partial charge is 0.328 e. The molecular weight excluding hydrogens is 168 g/mol. The van der Waals surface area contributed by atoms with Gasteiger partial charge in [-0.05, 0) is 51.1 Å². The van der Waals surface area contributed by atoms with Gasteiger partial charge in [0.2, 0.25) is 0 Å². The lowest BCUT2D eigenvalue weighted by Crippen LogP contribution is -2.27. The molecule has 1 atom stereocenters. The van der Waals surface area contributed by atoms with Crippen molar-refractivity contribution in [2.24, 2.45) is 5.73 Å². The quantitative estimate of drug-likeness (QED) is 0.650. The second-order valence-electron chi connectivity index (χ2n) is 3.61. The number of likely N-dealkylation sites (tertiary alicyclic amines) is 1. The maximum atomic E-state index is 5.88. The molecule has 1 unspecified atom stereocenters. The Morgan fingerprint density at radius 1 is 1.33 bits per heavy atom. The summed E-state index contributed by atoms with van der Waals surface area (Å²) in [5.74, 6) is 1.00. The van der Waals surface area contributed by atoms with E-state index in [2.05, 4.69) is 17.5 Å². The molecule has 0 aliphatic carbocycles. The van der Waals surface area contributed by atoms with Crippen molar-refractivity contribution in [3.63, 3.8) is 0 Å². The second-order valence-corrected chi connectivity index (χ2v) is 4.06. The monoisotopic (exact) mass is 188 g/mol. The van der Waals surface area contributed by atoms with Crippen molar-refractivity contribution in [3.05, 3.63) is 0 Å². The molecule has 0 aromatic rings. The standard InChI is InChI=1S/C9H20N2S/c10-9-3-1-5-11(7-4-9)6-2-8-12/h9,12H,1-8,10H2. The molecule has 3 heteroatoms. The fourth-order valence-corrected chi connectivity index (χ4v) is 1.84. The summed E-state index contributed by atoms with van der Waals surface area (Å²) in [5, 5.41) is 0. The number of hydrogen-bond acceptors (Lipinski definition) is 3. The minimum Gasteiger partial charge on any atom is -0.328 e. The highest BCUT2D eigenvalue weighted by atomic mass is 32.1. The first-order chi connectivity index (χ1) is 5.83. The lowest BCUT2D eigenvalue weighted by molar-refractivity contribution is 0.285. The lowest BCUT2D eigenvalue weighted by atomic mass is 10.1. The average molecular weight is 188 g/mol. The normalized spacial score (nSPS) is 27.0.